The Hall–Kier alpha value is -2.31. The van der Waals surface area contributed by atoms with Crippen LogP contribution in [0.5, 0.6) is 0 Å². The van der Waals surface area contributed by atoms with Crippen molar-refractivity contribution in [3.8, 4) is 10.4 Å². The number of nitrogens with one attached hydrogen (secondary N) is 1. The Morgan fingerprint density at radius 3 is 2.50 bits per heavy atom. The highest BCUT2D eigenvalue weighted by Crippen LogP contribution is 2.31. The summed E-state index contributed by atoms with van der Waals surface area (Å²) in [7, 11) is 0. The summed E-state index contributed by atoms with van der Waals surface area (Å²) < 4.78 is 13.2. The van der Waals surface area contributed by atoms with Gasteiger partial charge in [-0.25, -0.2) is 0 Å². The number of rotatable bonds is 4. The lowest BCUT2D eigenvalue weighted by Crippen LogP contribution is -2.13. The first-order valence-corrected chi connectivity index (χ1v) is 9.21. The van der Waals surface area contributed by atoms with Gasteiger partial charge in [0.2, 0.25) is 0 Å². The van der Waals surface area contributed by atoms with Crippen LogP contribution in [0, 0.1) is 5.13 Å². The lowest BCUT2D eigenvalue weighted by Gasteiger charge is -2.10. The average Bonchev–Trinajstić information content (AvgIpc) is 3.03. The van der Waals surface area contributed by atoms with Crippen molar-refractivity contribution in [1.29, 1.82) is 0 Å². The van der Waals surface area contributed by atoms with Gasteiger partial charge < -0.3 is 11.1 Å². The van der Waals surface area contributed by atoms with E-state index in [0.717, 1.165) is 26.7 Å². The molecule has 3 N–H and O–H groups in total. The van der Waals surface area contributed by atoms with Gasteiger partial charge in [-0.15, -0.1) is 23.1 Å². The Balaban J connectivity index is 1.84. The third-order valence-electron chi connectivity index (χ3n) is 3.51. The molecular weight excluding hydrogens is 343 g/mol. The van der Waals surface area contributed by atoms with Crippen LogP contribution in [0.1, 0.15) is 10.4 Å². The number of hydrogen-bond acceptors (Lipinski definition) is 4. The van der Waals surface area contributed by atoms with Crippen molar-refractivity contribution in [2.45, 2.75) is 4.90 Å². The normalized spacial score (nSPS) is 10.6. The number of halogens is 1. The lowest BCUT2D eigenvalue weighted by atomic mass is 10.1. The summed E-state index contributed by atoms with van der Waals surface area (Å²) in [4.78, 5) is 14.3. The van der Waals surface area contributed by atoms with Crippen LogP contribution in [-0.2, 0) is 0 Å². The van der Waals surface area contributed by atoms with E-state index in [-0.39, 0.29) is 11.0 Å². The predicted molar refractivity (Wildman–Crippen MR) is 100 cm³/mol. The molecule has 24 heavy (non-hydrogen) atoms. The minimum atomic E-state index is -0.249. The van der Waals surface area contributed by atoms with Crippen molar-refractivity contribution < 1.29 is 9.18 Å². The minimum Gasteiger partial charge on any atom is -0.397 e. The van der Waals surface area contributed by atoms with Crippen molar-refractivity contribution in [3.05, 3.63) is 65.3 Å². The van der Waals surface area contributed by atoms with Crippen molar-refractivity contribution in [3.63, 3.8) is 0 Å². The van der Waals surface area contributed by atoms with E-state index in [1.807, 2.05) is 24.5 Å². The SMILES string of the molecule is CSc1ccc(C(=O)Nc2cc(-c3ccc(F)s3)ccc2N)cc1. The van der Waals surface area contributed by atoms with Gasteiger partial charge in [-0.1, -0.05) is 6.07 Å². The average molecular weight is 358 g/mol. The summed E-state index contributed by atoms with van der Waals surface area (Å²) in [5, 5.41) is 2.57. The van der Waals surface area contributed by atoms with Gasteiger partial charge in [-0.3, -0.25) is 4.79 Å². The number of carbonyl (C=O) groups excluding carboxylic acids is 1. The fraction of sp³-hybridized carbons (Fsp3) is 0.0556. The van der Waals surface area contributed by atoms with Gasteiger partial charge in [-0.05, 0) is 60.4 Å². The van der Waals surface area contributed by atoms with Crippen LogP contribution in [0.3, 0.4) is 0 Å². The topological polar surface area (TPSA) is 55.1 Å². The first-order chi connectivity index (χ1) is 11.6. The third-order valence-corrected chi connectivity index (χ3v) is 5.18. The van der Waals surface area contributed by atoms with Gasteiger partial charge in [0.15, 0.2) is 5.13 Å². The standard InChI is InChI=1S/C18H15FN2OS2/c1-23-13-5-2-11(3-6-13)18(22)21-15-10-12(4-7-14(15)20)16-8-9-17(19)24-16/h2-10H,20H2,1H3,(H,21,22). The zero-order chi connectivity index (χ0) is 17.1. The number of carbonyl (C=O) groups is 1. The quantitative estimate of drug-likeness (QED) is 0.503. The number of hydrogen-bond donors (Lipinski definition) is 2. The molecule has 0 saturated heterocycles. The van der Waals surface area contributed by atoms with Crippen molar-refractivity contribution >= 4 is 40.4 Å². The monoisotopic (exact) mass is 358 g/mol. The van der Waals surface area contributed by atoms with E-state index in [4.69, 9.17) is 5.73 Å². The molecule has 122 valence electrons. The van der Waals surface area contributed by atoms with Crippen LogP contribution in [0.15, 0.2) is 59.5 Å². The van der Waals surface area contributed by atoms with Gasteiger partial charge in [0.25, 0.3) is 5.91 Å². The Bertz CT molecular complexity index is 875. The summed E-state index contributed by atoms with van der Waals surface area (Å²) in [6.07, 6.45) is 1.98. The largest absolute Gasteiger partial charge is 0.397 e. The van der Waals surface area contributed by atoms with E-state index in [1.165, 1.54) is 6.07 Å². The molecule has 0 atom stereocenters. The Morgan fingerprint density at radius 2 is 1.88 bits per heavy atom. The molecule has 0 bridgehead atoms. The van der Waals surface area contributed by atoms with Gasteiger partial charge in [0.05, 0.1) is 11.4 Å². The first-order valence-electron chi connectivity index (χ1n) is 7.17. The van der Waals surface area contributed by atoms with E-state index < -0.39 is 0 Å². The second kappa shape index (κ2) is 7.07. The molecule has 1 heterocycles. The van der Waals surface area contributed by atoms with Gasteiger partial charge in [0, 0.05) is 15.3 Å². The fourth-order valence-corrected chi connectivity index (χ4v) is 3.36. The molecule has 0 unspecified atom stereocenters. The zero-order valence-corrected chi connectivity index (χ0v) is 14.5. The van der Waals surface area contributed by atoms with Gasteiger partial charge >= 0.3 is 0 Å². The summed E-state index contributed by atoms with van der Waals surface area (Å²) in [5.74, 6) is -0.233. The first kappa shape index (κ1) is 16.5. The molecule has 3 nitrogen and oxygen atoms in total. The van der Waals surface area contributed by atoms with Crippen LogP contribution in [0.4, 0.5) is 15.8 Å². The van der Waals surface area contributed by atoms with Crippen LogP contribution < -0.4 is 11.1 Å². The molecule has 3 aromatic rings. The third kappa shape index (κ3) is 3.60. The number of anilines is 2. The Labute approximate surface area is 147 Å². The Kier molecular flexibility index (Phi) is 4.87. The van der Waals surface area contributed by atoms with Crippen LogP contribution in [0.25, 0.3) is 10.4 Å². The molecule has 1 aromatic heterocycles. The minimum absolute atomic E-state index is 0.233. The number of thioether (sulfide) groups is 1. The second-order valence-electron chi connectivity index (χ2n) is 5.09. The summed E-state index contributed by atoms with van der Waals surface area (Å²) in [6.45, 7) is 0. The molecule has 2 aromatic carbocycles. The molecule has 3 rings (SSSR count). The molecule has 1 amide bonds. The Morgan fingerprint density at radius 1 is 1.12 bits per heavy atom. The molecule has 0 fully saturated rings. The highest BCUT2D eigenvalue weighted by atomic mass is 32.2. The van der Waals surface area contributed by atoms with E-state index >= 15 is 0 Å². The molecule has 0 aliphatic heterocycles. The highest BCUT2D eigenvalue weighted by Gasteiger charge is 2.10. The molecule has 0 radical (unpaired) electrons. The molecule has 0 aliphatic rings. The van der Waals surface area contributed by atoms with Gasteiger partial charge in [-0.2, -0.15) is 4.39 Å². The fourth-order valence-electron chi connectivity index (χ4n) is 2.22. The second-order valence-corrected chi connectivity index (χ2v) is 7.00. The predicted octanol–water partition coefficient (Wildman–Crippen LogP) is 5.11. The molecule has 0 spiro atoms. The summed E-state index contributed by atoms with van der Waals surface area (Å²) >= 11 is 2.67. The number of amides is 1. The van der Waals surface area contributed by atoms with Crippen LogP contribution >= 0.6 is 23.1 Å². The number of nitrogens with two attached hydrogens (primary N) is 1. The van der Waals surface area contributed by atoms with E-state index in [9.17, 15) is 9.18 Å². The van der Waals surface area contributed by atoms with E-state index in [1.54, 1.807) is 42.1 Å². The maximum atomic E-state index is 13.2. The van der Waals surface area contributed by atoms with Crippen molar-refractivity contribution in [2.24, 2.45) is 0 Å². The van der Waals surface area contributed by atoms with E-state index in [2.05, 4.69) is 5.32 Å². The number of nitrogen functional groups attached to an aromatic ring is 1. The van der Waals surface area contributed by atoms with Crippen LogP contribution in [-0.4, -0.2) is 12.2 Å². The van der Waals surface area contributed by atoms with Crippen molar-refractivity contribution in [2.75, 3.05) is 17.3 Å². The van der Waals surface area contributed by atoms with Crippen LogP contribution in [0.2, 0.25) is 0 Å². The van der Waals surface area contributed by atoms with Gasteiger partial charge in [0.1, 0.15) is 0 Å². The van der Waals surface area contributed by atoms with Crippen molar-refractivity contribution in [1.82, 2.24) is 0 Å². The molecule has 0 aliphatic carbocycles. The maximum absolute atomic E-state index is 13.2. The molecule has 0 saturated carbocycles. The highest BCUT2D eigenvalue weighted by molar-refractivity contribution is 7.98. The summed E-state index contributed by atoms with van der Waals surface area (Å²) in [5.41, 5.74) is 8.30. The maximum Gasteiger partial charge on any atom is 0.255 e. The number of benzene rings is 2. The smallest absolute Gasteiger partial charge is 0.255 e. The molecular formula is C18H15FN2OS2. The zero-order valence-electron chi connectivity index (χ0n) is 12.9. The number of thiophene rings is 1. The summed E-state index contributed by atoms with van der Waals surface area (Å²) in [6, 6.07) is 15.7. The van der Waals surface area contributed by atoms with E-state index in [0.29, 0.717) is 16.9 Å². The molecule has 6 heteroatoms. The lowest BCUT2D eigenvalue weighted by molar-refractivity contribution is 0.102.